The van der Waals surface area contributed by atoms with Gasteiger partial charge in [-0.3, -0.25) is 4.68 Å². The molecule has 11 nitrogen and oxygen atoms in total. The van der Waals surface area contributed by atoms with Gasteiger partial charge in [0, 0.05) is 30.6 Å². The molecule has 0 atom stereocenters. The van der Waals surface area contributed by atoms with E-state index in [1.165, 1.54) is 0 Å². The van der Waals surface area contributed by atoms with Gasteiger partial charge in [-0.05, 0) is 17.7 Å². The highest BCUT2D eigenvalue weighted by Crippen LogP contribution is 2.19. The first-order valence-corrected chi connectivity index (χ1v) is 9.39. The van der Waals surface area contributed by atoms with Crippen molar-refractivity contribution >= 4 is 16.8 Å². The van der Waals surface area contributed by atoms with Crippen molar-refractivity contribution in [2.75, 3.05) is 13.7 Å². The van der Waals surface area contributed by atoms with Crippen molar-refractivity contribution in [3.05, 3.63) is 54.2 Å². The molecule has 0 saturated carbocycles. The lowest BCUT2D eigenvalue weighted by molar-refractivity contribution is 0.186. The quantitative estimate of drug-likeness (QED) is 0.424. The third-order valence-corrected chi connectivity index (χ3v) is 4.78. The number of hydrogen-bond acceptors (Lipinski definition) is 8. The summed E-state index contributed by atoms with van der Waals surface area (Å²) in [6.07, 6.45) is 8.89. The Morgan fingerprint density at radius 3 is 2.97 bits per heavy atom. The molecular formula is C19H19N9O2. The molecule has 5 aromatic rings. The number of pyridine rings is 1. The second kappa shape index (κ2) is 7.61. The zero-order chi connectivity index (χ0) is 20.5. The first-order valence-electron chi connectivity index (χ1n) is 9.39. The Balaban J connectivity index is 1.48. The average Bonchev–Trinajstić information content (AvgIpc) is 3.48. The zero-order valence-corrected chi connectivity index (χ0v) is 16.3. The molecular weight excluding hydrogens is 386 g/mol. The third-order valence-electron chi connectivity index (χ3n) is 4.78. The average molecular weight is 405 g/mol. The molecule has 0 aromatic carbocycles. The van der Waals surface area contributed by atoms with Gasteiger partial charge in [0.2, 0.25) is 5.65 Å². The lowest BCUT2D eigenvalue weighted by atomic mass is 10.2. The van der Waals surface area contributed by atoms with Gasteiger partial charge in [-0.15, -0.1) is 5.10 Å². The molecule has 0 aliphatic heterocycles. The van der Waals surface area contributed by atoms with Gasteiger partial charge in [0.1, 0.15) is 0 Å². The van der Waals surface area contributed by atoms with Gasteiger partial charge in [0.05, 0.1) is 56.1 Å². The smallest absolute Gasteiger partial charge is 0.221 e. The fourth-order valence-corrected chi connectivity index (χ4v) is 3.33. The summed E-state index contributed by atoms with van der Waals surface area (Å²) in [4.78, 5) is 9.08. The van der Waals surface area contributed by atoms with Crippen LogP contribution in [0.4, 0.5) is 0 Å². The summed E-state index contributed by atoms with van der Waals surface area (Å²) in [5.41, 5.74) is 5.60. The second-order valence-electron chi connectivity index (χ2n) is 6.83. The van der Waals surface area contributed by atoms with Crippen LogP contribution < -0.4 is 0 Å². The number of rotatable bonds is 7. The van der Waals surface area contributed by atoms with Gasteiger partial charge in [-0.2, -0.15) is 10.2 Å². The predicted octanol–water partition coefficient (Wildman–Crippen LogP) is 0.919. The number of aromatic nitrogens is 9. The Kier molecular flexibility index (Phi) is 4.65. The Bertz CT molecular complexity index is 1320. The van der Waals surface area contributed by atoms with Gasteiger partial charge in [0.25, 0.3) is 0 Å². The largest absolute Gasteiger partial charge is 0.394 e. The number of methoxy groups -OCH3 is 1. The summed E-state index contributed by atoms with van der Waals surface area (Å²) in [6.45, 7) is 1.44. The van der Waals surface area contributed by atoms with Gasteiger partial charge >= 0.3 is 0 Å². The molecule has 152 valence electrons. The van der Waals surface area contributed by atoms with E-state index >= 15 is 0 Å². The van der Waals surface area contributed by atoms with Crippen LogP contribution in [0.25, 0.3) is 28.1 Å². The maximum Gasteiger partial charge on any atom is 0.221 e. The van der Waals surface area contributed by atoms with E-state index in [-0.39, 0.29) is 6.61 Å². The van der Waals surface area contributed by atoms with Gasteiger partial charge in [-0.1, -0.05) is 5.21 Å². The molecule has 0 fully saturated rings. The molecule has 0 saturated heterocycles. The minimum absolute atomic E-state index is 0.0240. The number of fused-ring (bicyclic) bond motifs is 2. The van der Waals surface area contributed by atoms with E-state index in [4.69, 9.17) is 14.8 Å². The van der Waals surface area contributed by atoms with E-state index in [2.05, 4.69) is 31.6 Å². The van der Waals surface area contributed by atoms with Crippen LogP contribution in [0.15, 0.2) is 43.1 Å². The minimum Gasteiger partial charge on any atom is -0.394 e. The van der Waals surface area contributed by atoms with Gasteiger partial charge in [0.15, 0.2) is 5.65 Å². The predicted molar refractivity (Wildman–Crippen MR) is 106 cm³/mol. The fraction of sp³-hybridized carbons (Fsp3) is 0.263. The molecule has 0 radical (unpaired) electrons. The molecule has 1 N–H and O–H groups in total. The van der Waals surface area contributed by atoms with E-state index in [1.54, 1.807) is 28.9 Å². The highest BCUT2D eigenvalue weighted by Gasteiger charge is 2.13. The first kappa shape index (κ1) is 18.3. The van der Waals surface area contributed by atoms with E-state index < -0.39 is 0 Å². The zero-order valence-electron chi connectivity index (χ0n) is 16.3. The molecule has 5 aromatic heterocycles. The maximum absolute atomic E-state index is 9.07. The fourth-order valence-electron chi connectivity index (χ4n) is 3.33. The van der Waals surface area contributed by atoms with Crippen LogP contribution in [-0.4, -0.2) is 63.2 Å². The van der Waals surface area contributed by atoms with Crippen molar-refractivity contribution in [1.29, 1.82) is 0 Å². The van der Waals surface area contributed by atoms with Crippen LogP contribution in [0.5, 0.6) is 0 Å². The maximum atomic E-state index is 9.07. The lowest BCUT2D eigenvalue weighted by Gasteiger charge is -2.05. The summed E-state index contributed by atoms with van der Waals surface area (Å²) in [7, 11) is 1.67. The summed E-state index contributed by atoms with van der Waals surface area (Å²) in [5.74, 6) is 0. The SMILES string of the molecule is COCc1cnn2ccc(Cn3nnc4ncc(-c5cnn(CCO)c5)nc43)cc12. The molecule has 0 unspecified atom stereocenters. The van der Waals surface area contributed by atoms with Crippen molar-refractivity contribution in [1.82, 2.24) is 44.4 Å². The lowest BCUT2D eigenvalue weighted by Crippen LogP contribution is -2.04. The Hall–Kier alpha value is -3.70. The summed E-state index contributed by atoms with van der Waals surface area (Å²) in [5, 5.41) is 26.0. The Labute approximate surface area is 170 Å². The summed E-state index contributed by atoms with van der Waals surface area (Å²) in [6, 6.07) is 4.05. The standard InChI is InChI=1S/C19H19N9O2/c1-30-12-15-8-22-27-3-2-13(6-17(15)27)10-28-19-18(24-25-28)20-9-16(23-19)14-7-21-26(11-14)4-5-29/h2-3,6-9,11,29H,4-5,10,12H2,1H3. The molecule has 5 heterocycles. The van der Waals surface area contributed by atoms with E-state index in [0.717, 1.165) is 22.2 Å². The molecule has 30 heavy (non-hydrogen) atoms. The van der Waals surface area contributed by atoms with Crippen LogP contribution >= 0.6 is 0 Å². The van der Waals surface area contributed by atoms with Crippen molar-refractivity contribution in [3.63, 3.8) is 0 Å². The van der Waals surface area contributed by atoms with Gasteiger partial charge < -0.3 is 9.84 Å². The first-order chi connectivity index (χ1) is 14.7. The van der Waals surface area contributed by atoms with E-state index in [0.29, 0.717) is 36.7 Å². The van der Waals surface area contributed by atoms with Crippen LogP contribution in [0.1, 0.15) is 11.1 Å². The highest BCUT2D eigenvalue weighted by atomic mass is 16.5. The minimum atomic E-state index is 0.0240. The number of aliphatic hydroxyl groups excluding tert-OH is 1. The van der Waals surface area contributed by atoms with Gasteiger partial charge in [-0.25, -0.2) is 19.2 Å². The van der Waals surface area contributed by atoms with Crippen molar-refractivity contribution in [2.45, 2.75) is 19.7 Å². The molecule has 0 aliphatic carbocycles. The number of aliphatic hydroxyl groups is 1. The molecule has 0 spiro atoms. The number of hydrogen-bond donors (Lipinski definition) is 1. The molecule has 0 aliphatic rings. The Morgan fingerprint density at radius 1 is 1.17 bits per heavy atom. The van der Waals surface area contributed by atoms with Crippen LogP contribution in [0.2, 0.25) is 0 Å². The monoisotopic (exact) mass is 405 g/mol. The van der Waals surface area contributed by atoms with Crippen LogP contribution in [0.3, 0.4) is 0 Å². The third kappa shape index (κ3) is 3.29. The molecule has 11 heteroatoms. The van der Waals surface area contributed by atoms with Crippen molar-refractivity contribution in [3.8, 4) is 11.3 Å². The number of nitrogens with zero attached hydrogens (tertiary/aromatic N) is 9. The van der Waals surface area contributed by atoms with Crippen molar-refractivity contribution in [2.24, 2.45) is 0 Å². The van der Waals surface area contributed by atoms with E-state index in [9.17, 15) is 0 Å². The normalized spacial score (nSPS) is 11.7. The van der Waals surface area contributed by atoms with E-state index in [1.807, 2.05) is 29.2 Å². The highest BCUT2D eigenvalue weighted by molar-refractivity contribution is 5.69. The van der Waals surface area contributed by atoms with Crippen LogP contribution in [0, 0.1) is 0 Å². The summed E-state index contributed by atoms with van der Waals surface area (Å²) < 4.78 is 10.5. The molecule has 0 bridgehead atoms. The Morgan fingerprint density at radius 2 is 2.10 bits per heavy atom. The van der Waals surface area contributed by atoms with Crippen molar-refractivity contribution < 1.29 is 9.84 Å². The second-order valence-corrected chi connectivity index (χ2v) is 6.83. The summed E-state index contributed by atoms with van der Waals surface area (Å²) >= 11 is 0. The molecule has 0 amide bonds. The number of ether oxygens (including phenoxy) is 1. The topological polar surface area (TPSA) is 121 Å². The molecule has 5 rings (SSSR count). The van der Waals surface area contributed by atoms with Crippen LogP contribution in [-0.2, 0) is 24.4 Å².